The molecule has 0 saturated carbocycles. The van der Waals surface area contributed by atoms with Gasteiger partial charge >= 0.3 is 0 Å². The lowest BCUT2D eigenvalue weighted by Gasteiger charge is -2.10. The molecule has 0 N–H and O–H groups in total. The molecule has 1 aliphatic carbocycles. The highest BCUT2D eigenvalue weighted by Crippen LogP contribution is 2.45. The molecule has 0 amide bonds. The second kappa shape index (κ2) is 5.67. The summed E-state index contributed by atoms with van der Waals surface area (Å²) in [6, 6.07) is 26.9. The smallest absolute Gasteiger partial charge is 0.189 e. The largest absolute Gasteiger partial charge is 0.289 e. The van der Waals surface area contributed by atoms with Crippen LogP contribution in [-0.4, -0.2) is 0 Å². The molecule has 0 aromatic heterocycles. The summed E-state index contributed by atoms with van der Waals surface area (Å²) in [7, 11) is 0. The van der Waals surface area contributed by atoms with Gasteiger partial charge in [-0.05, 0) is 52.1 Å². The monoisotopic (exact) mass is 334 g/mol. The summed E-state index contributed by atoms with van der Waals surface area (Å²) in [4.78, 5) is 13.3. The Morgan fingerprint density at radius 1 is 0.692 bits per heavy atom. The first-order valence-corrected chi connectivity index (χ1v) is 8.98. The van der Waals surface area contributed by atoms with E-state index in [2.05, 4.69) is 42.5 Å². The van der Waals surface area contributed by atoms with E-state index in [1.165, 1.54) is 22.3 Å². The van der Waals surface area contributed by atoms with Crippen molar-refractivity contribution < 1.29 is 0 Å². The van der Waals surface area contributed by atoms with Crippen LogP contribution in [0.3, 0.4) is 0 Å². The highest BCUT2D eigenvalue weighted by Gasteiger charge is 2.25. The average molecular weight is 334 g/mol. The van der Waals surface area contributed by atoms with E-state index in [0.29, 0.717) is 0 Å². The predicted octanol–water partition coefficient (Wildman–Crippen LogP) is 5.75. The van der Waals surface area contributed by atoms with Gasteiger partial charge in [-0.25, -0.2) is 0 Å². The zero-order chi connectivity index (χ0) is 17.7. The van der Waals surface area contributed by atoms with Crippen molar-refractivity contribution in [3.05, 3.63) is 106 Å². The third-order valence-corrected chi connectivity index (χ3v) is 5.48. The van der Waals surface area contributed by atoms with E-state index in [1.807, 2.05) is 43.3 Å². The van der Waals surface area contributed by atoms with Crippen molar-refractivity contribution in [3.63, 3.8) is 0 Å². The molecule has 26 heavy (non-hydrogen) atoms. The summed E-state index contributed by atoms with van der Waals surface area (Å²) in [6.45, 7) is 1.97. The molecule has 1 heteroatoms. The Bertz CT molecular complexity index is 1220. The molecular weight excluding hydrogens is 316 g/mol. The fourth-order valence-corrected chi connectivity index (χ4v) is 4.29. The Labute approximate surface area is 152 Å². The molecule has 0 spiro atoms. The van der Waals surface area contributed by atoms with Crippen molar-refractivity contribution in [1.29, 1.82) is 0 Å². The van der Waals surface area contributed by atoms with Crippen molar-refractivity contribution in [2.45, 2.75) is 13.3 Å². The second-order valence-electron chi connectivity index (χ2n) is 6.93. The van der Waals surface area contributed by atoms with Crippen LogP contribution in [0.15, 0.2) is 83.7 Å². The third kappa shape index (κ3) is 2.07. The van der Waals surface area contributed by atoms with Crippen LogP contribution in [0.5, 0.6) is 0 Å². The van der Waals surface area contributed by atoms with Gasteiger partial charge in [0.1, 0.15) is 0 Å². The lowest BCUT2D eigenvalue weighted by molar-refractivity contribution is 1.29. The molecule has 0 bridgehead atoms. The minimum Gasteiger partial charge on any atom is -0.289 e. The minimum absolute atomic E-state index is 0.131. The molecule has 0 radical (unpaired) electrons. The Hall–Kier alpha value is -3.19. The maximum atomic E-state index is 13.3. The minimum atomic E-state index is 0.131. The van der Waals surface area contributed by atoms with Gasteiger partial charge in [0.15, 0.2) is 5.43 Å². The van der Waals surface area contributed by atoms with E-state index in [9.17, 15) is 4.79 Å². The van der Waals surface area contributed by atoms with Crippen LogP contribution in [0.25, 0.3) is 33.0 Å². The van der Waals surface area contributed by atoms with E-state index in [-0.39, 0.29) is 5.43 Å². The maximum absolute atomic E-state index is 13.3. The number of hydrogen-bond acceptors (Lipinski definition) is 1. The van der Waals surface area contributed by atoms with Gasteiger partial charge in [-0.1, -0.05) is 78.9 Å². The van der Waals surface area contributed by atoms with E-state index in [1.54, 1.807) is 0 Å². The number of hydrogen-bond donors (Lipinski definition) is 0. The standard InChI is InChI=1S/C25H18O/c1-16-23(17-9-3-2-4-10-17)24-19-12-6-5-11-18(19)15-22(24)20-13-7-8-14-21(20)25(16)26/h2-14H,15H2,1H3. The summed E-state index contributed by atoms with van der Waals surface area (Å²) < 4.78 is 0. The Morgan fingerprint density at radius 3 is 2.15 bits per heavy atom. The maximum Gasteiger partial charge on any atom is 0.189 e. The first kappa shape index (κ1) is 15.1. The molecule has 1 aliphatic rings. The van der Waals surface area contributed by atoms with Crippen molar-refractivity contribution in [2.24, 2.45) is 0 Å². The van der Waals surface area contributed by atoms with Gasteiger partial charge in [-0.15, -0.1) is 0 Å². The highest BCUT2D eigenvalue weighted by atomic mass is 16.1. The van der Waals surface area contributed by atoms with Crippen molar-refractivity contribution in [2.75, 3.05) is 0 Å². The summed E-state index contributed by atoms with van der Waals surface area (Å²) in [5.74, 6) is 0. The molecular formula is C25H18O. The molecule has 5 rings (SSSR count). The van der Waals surface area contributed by atoms with Crippen LogP contribution in [0, 0.1) is 6.92 Å². The Kier molecular flexibility index (Phi) is 3.29. The van der Waals surface area contributed by atoms with E-state index < -0.39 is 0 Å². The molecule has 4 aromatic rings. The van der Waals surface area contributed by atoms with Crippen LogP contribution in [0.4, 0.5) is 0 Å². The van der Waals surface area contributed by atoms with Gasteiger partial charge in [0.2, 0.25) is 0 Å². The number of rotatable bonds is 1. The van der Waals surface area contributed by atoms with Gasteiger partial charge in [-0.3, -0.25) is 4.79 Å². The topological polar surface area (TPSA) is 17.1 Å². The molecule has 4 aromatic carbocycles. The summed E-state index contributed by atoms with van der Waals surface area (Å²) >= 11 is 0. The lowest BCUT2D eigenvalue weighted by Crippen LogP contribution is -2.03. The highest BCUT2D eigenvalue weighted by molar-refractivity contribution is 6.00. The second-order valence-corrected chi connectivity index (χ2v) is 6.93. The van der Waals surface area contributed by atoms with Crippen molar-refractivity contribution in [3.8, 4) is 22.3 Å². The van der Waals surface area contributed by atoms with Crippen LogP contribution >= 0.6 is 0 Å². The molecule has 0 fully saturated rings. The van der Waals surface area contributed by atoms with Gasteiger partial charge in [0, 0.05) is 10.9 Å². The van der Waals surface area contributed by atoms with Crippen LogP contribution < -0.4 is 5.43 Å². The van der Waals surface area contributed by atoms with Gasteiger partial charge in [0.25, 0.3) is 0 Å². The number of benzene rings is 3. The van der Waals surface area contributed by atoms with Crippen LogP contribution in [-0.2, 0) is 6.42 Å². The fourth-order valence-electron chi connectivity index (χ4n) is 4.29. The summed E-state index contributed by atoms with van der Waals surface area (Å²) in [5.41, 5.74) is 8.22. The summed E-state index contributed by atoms with van der Waals surface area (Å²) in [6.07, 6.45) is 0.874. The van der Waals surface area contributed by atoms with Crippen molar-refractivity contribution >= 4 is 10.8 Å². The number of fused-ring (bicyclic) bond motifs is 5. The molecule has 0 atom stereocenters. The first-order valence-electron chi connectivity index (χ1n) is 8.98. The Morgan fingerprint density at radius 2 is 1.35 bits per heavy atom. The SMILES string of the molecule is Cc1c(-c2ccccc2)c2c(c3ccccc3c1=O)Cc1ccccc1-2. The van der Waals surface area contributed by atoms with Crippen molar-refractivity contribution in [1.82, 2.24) is 0 Å². The Balaban J connectivity index is 2.07. The zero-order valence-electron chi connectivity index (χ0n) is 14.6. The van der Waals surface area contributed by atoms with E-state index >= 15 is 0 Å². The molecule has 0 heterocycles. The molecule has 0 aliphatic heterocycles. The summed E-state index contributed by atoms with van der Waals surface area (Å²) in [5, 5.41) is 1.89. The third-order valence-electron chi connectivity index (χ3n) is 5.48. The van der Waals surface area contributed by atoms with Gasteiger partial charge in [0.05, 0.1) is 0 Å². The van der Waals surface area contributed by atoms with Gasteiger partial charge in [-0.2, -0.15) is 0 Å². The first-order chi connectivity index (χ1) is 12.8. The predicted molar refractivity (Wildman–Crippen MR) is 109 cm³/mol. The normalized spacial score (nSPS) is 12.0. The molecule has 1 nitrogen and oxygen atoms in total. The quantitative estimate of drug-likeness (QED) is 0.382. The fraction of sp³-hybridized carbons (Fsp3) is 0.0800. The zero-order valence-corrected chi connectivity index (χ0v) is 14.6. The van der Waals surface area contributed by atoms with E-state index in [4.69, 9.17) is 0 Å². The molecule has 0 unspecified atom stereocenters. The van der Waals surface area contributed by atoms with E-state index in [0.717, 1.165) is 33.9 Å². The van der Waals surface area contributed by atoms with Crippen LogP contribution in [0.2, 0.25) is 0 Å². The molecule has 124 valence electrons. The lowest BCUT2D eigenvalue weighted by atomic mass is 9.93. The molecule has 0 saturated heterocycles. The van der Waals surface area contributed by atoms with Gasteiger partial charge < -0.3 is 0 Å². The van der Waals surface area contributed by atoms with Crippen LogP contribution in [0.1, 0.15) is 16.7 Å². The average Bonchev–Trinajstić information content (AvgIpc) is 3.04.